The van der Waals surface area contributed by atoms with Gasteiger partial charge < -0.3 is 15.6 Å². The molecule has 0 radical (unpaired) electrons. The zero-order chi connectivity index (χ0) is 14.1. The summed E-state index contributed by atoms with van der Waals surface area (Å²) in [6.45, 7) is 1.76. The number of nitrogens with zero attached hydrogens (tertiary/aromatic N) is 4. The van der Waals surface area contributed by atoms with Gasteiger partial charge in [0.1, 0.15) is 11.8 Å². The van der Waals surface area contributed by atoms with E-state index < -0.39 is 0 Å². The Bertz CT molecular complexity index is 687. The van der Waals surface area contributed by atoms with Crippen molar-refractivity contribution in [2.24, 2.45) is 5.92 Å². The number of anilines is 1. The van der Waals surface area contributed by atoms with Crippen molar-refractivity contribution in [1.29, 1.82) is 0 Å². The molecule has 7 nitrogen and oxygen atoms in total. The first-order chi connectivity index (χ1) is 9.74. The van der Waals surface area contributed by atoms with Gasteiger partial charge in [0.25, 0.3) is 0 Å². The molecule has 0 aromatic carbocycles. The van der Waals surface area contributed by atoms with Crippen molar-refractivity contribution in [3.63, 3.8) is 0 Å². The molecule has 2 unspecified atom stereocenters. The van der Waals surface area contributed by atoms with Crippen molar-refractivity contribution in [2.75, 3.05) is 12.3 Å². The molecule has 2 aromatic heterocycles. The predicted octanol–water partition coefficient (Wildman–Crippen LogP) is 0.328. The summed E-state index contributed by atoms with van der Waals surface area (Å²) >= 11 is 0. The number of ether oxygens (including phenoxy) is 1. The van der Waals surface area contributed by atoms with E-state index in [0.717, 1.165) is 0 Å². The number of aliphatic hydroxyl groups is 1. The van der Waals surface area contributed by atoms with Gasteiger partial charge in [-0.25, -0.2) is 15.0 Å². The Morgan fingerprint density at radius 2 is 2.35 bits per heavy atom. The average Bonchev–Trinajstić information content (AvgIpc) is 3.03. The molecule has 3 rings (SSSR count). The molecule has 2 aromatic rings. The Morgan fingerprint density at radius 1 is 1.50 bits per heavy atom. The summed E-state index contributed by atoms with van der Waals surface area (Å²) in [6.07, 6.45) is 3.17. The predicted molar refractivity (Wildman–Crippen MR) is 72.3 cm³/mol. The fourth-order valence-corrected chi connectivity index (χ4v) is 2.50. The molecular formula is C13H15N5O2. The lowest BCUT2D eigenvalue weighted by molar-refractivity contribution is -0.0262. The van der Waals surface area contributed by atoms with Crippen LogP contribution in [-0.2, 0) is 4.74 Å². The van der Waals surface area contributed by atoms with E-state index in [1.807, 2.05) is 0 Å². The number of nitrogens with two attached hydrogens (primary N) is 1. The molecule has 0 aliphatic carbocycles. The summed E-state index contributed by atoms with van der Waals surface area (Å²) in [7, 11) is 0. The molecule has 3 N–H and O–H groups in total. The highest BCUT2D eigenvalue weighted by atomic mass is 16.5. The summed E-state index contributed by atoms with van der Waals surface area (Å²) in [4.78, 5) is 12.4. The second-order valence-electron chi connectivity index (χ2n) is 4.65. The monoisotopic (exact) mass is 273 g/mol. The fraction of sp³-hybridized carbons (Fsp3) is 0.462. The maximum absolute atomic E-state index is 9.28. The van der Waals surface area contributed by atoms with Gasteiger partial charge in [-0.05, 0) is 13.3 Å². The first kappa shape index (κ1) is 12.8. The van der Waals surface area contributed by atoms with Gasteiger partial charge in [0.15, 0.2) is 17.7 Å². The van der Waals surface area contributed by atoms with Crippen molar-refractivity contribution in [1.82, 2.24) is 19.5 Å². The first-order valence-electron chi connectivity index (χ1n) is 6.36. The minimum absolute atomic E-state index is 0.00857. The highest BCUT2D eigenvalue weighted by Crippen LogP contribution is 2.35. The second kappa shape index (κ2) is 5.07. The van der Waals surface area contributed by atoms with Crippen molar-refractivity contribution in [3.05, 3.63) is 12.7 Å². The third kappa shape index (κ3) is 1.99. The summed E-state index contributed by atoms with van der Waals surface area (Å²) in [5, 5.41) is 9.28. The van der Waals surface area contributed by atoms with Crippen LogP contribution in [0.2, 0.25) is 0 Å². The summed E-state index contributed by atoms with van der Waals surface area (Å²) < 4.78 is 7.64. The van der Waals surface area contributed by atoms with Gasteiger partial charge >= 0.3 is 0 Å². The highest BCUT2D eigenvalue weighted by molar-refractivity contribution is 5.81. The van der Waals surface area contributed by atoms with E-state index in [1.165, 1.54) is 6.33 Å². The smallest absolute Gasteiger partial charge is 0.167 e. The number of imidazole rings is 1. The topological polar surface area (TPSA) is 99.1 Å². The summed E-state index contributed by atoms with van der Waals surface area (Å²) in [6, 6.07) is 0. The minimum Gasteiger partial charge on any atom is -0.394 e. The van der Waals surface area contributed by atoms with Gasteiger partial charge in [0, 0.05) is 0 Å². The van der Waals surface area contributed by atoms with Gasteiger partial charge in [-0.3, -0.25) is 4.57 Å². The molecule has 1 fully saturated rings. The molecule has 104 valence electrons. The van der Waals surface area contributed by atoms with E-state index in [9.17, 15) is 5.11 Å². The zero-order valence-corrected chi connectivity index (χ0v) is 11.0. The molecule has 0 amide bonds. The molecule has 20 heavy (non-hydrogen) atoms. The number of aliphatic hydroxyl groups excluding tert-OH is 1. The zero-order valence-electron chi connectivity index (χ0n) is 11.0. The van der Waals surface area contributed by atoms with Gasteiger partial charge in [-0.2, -0.15) is 0 Å². The minimum atomic E-state index is -0.320. The molecule has 3 heterocycles. The Balaban J connectivity index is 2.04. The quantitative estimate of drug-likeness (QED) is 0.765. The molecule has 3 atom stereocenters. The van der Waals surface area contributed by atoms with Crippen molar-refractivity contribution < 1.29 is 9.84 Å². The molecule has 1 aliphatic rings. The maximum Gasteiger partial charge on any atom is 0.167 e. The van der Waals surface area contributed by atoms with Crippen LogP contribution < -0.4 is 5.73 Å². The number of nitrogen functional groups attached to an aromatic ring is 1. The van der Waals surface area contributed by atoms with Crippen LogP contribution >= 0.6 is 0 Å². The van der Waals surface area contributed by atoms with E-state index >= 15 is 0 Å². The number of rotatable bonds is 2. The second-order valence-corrected chi connectivity index (χ2v) is 4.65. The molecule has 1 aliphatic heterocycles. The fourth-order valence-electron chi connectivity index (χ4n) is 2.50. The van der Waals surface area contributed by atoms with Crippen LogP contribution in [0.1, 0.15) is 19.6 Å². The van der Waals surface area contributed by atoms with Crippen LogP contribution in [0.15, 0.2) is 12.7 Å². The standard InChI is InChI=1S/C13H15N5O2/c1-2-3-8-4-9(5-19)20-13(8)18-7-17-10-11(14)15-6-16-12(10)18/h6-9,13,19H,4-5H2,1H3,(H2,14,15,16)/t8-,9?,13?/m0/s1. The van der Waals surface area contributed by atoms with Gasteiger partial charge in [-0.15, -0.1) is 5.92 Å². The number of aromatic nitrogens is 4. The van der Waals surface area contributed by atoms with E-state index in [1.54, 1.807) is 17.8 Å². The van der Waals surface area contributed by atoms with Crippen molar-refractivity contribution in [2.45, 2.75) is 25.7 Å². The SMILES string of the molecule is CC#C[C@H]1CC(CO)OC1n1cnc2c(N)ncnc21. The lowest BCUT2D eigenvalue weighted by atomic mass is 10.0. The number of hydrogen-bond acceptors (Lipinski definition) is 6. The highest BCUT2D eigenvalue weighted by Gasteiger charge is 2.36. The Labute approximate surface area is 115 Å². The van der Waals surface area contributed by atoms with Crippen LogP contribution in [-0.4, -0.2) is 37.3 Å². The number of fused-ring (bicyclic) bond motifs is 1. The van der Waals surface area contributed by atoms with E-state index in [0.29, 0.717) is 23.4 Å². The van der Waals surface area contributed by atoms with Crippen LogP contribution in [0.4, 0.5) is 5.82 Å². The first-order valence-corrected chi connectivity index (χ1v) is 6.36. The lowest BCUT2D eigenvalue weighted by Gasteiger charge is -2.16. The van der Waals surface area contributed by atoms with Crippen LogP contribution in [0.25, 0.3) is 11.2 Å². The van der Waals surface area contributed by atoms with E-state index in [4.69, 9.17) is 10.5 Å². The third-order valence-electron chi connectivity index (χ3n) is 3.39. The molecule has 0 saturated carbocycles. The Hall–Kier alpha value is -2.17. The van der Waals surface area contributed by atoms with Gasteiger partial charge in [0.05, 0.1) is 25.0 Å². The maximum atomic E-state index is 9.28. The number of hydrogen-bond donors (Lipinski definition) is 2. The van der Waals surface area contributed by atoms with E-state index in [2.05, 4.69) is 26.8 Å². The molecule has 7 heteroatoms. The average molecular weight is 273 g/mol. The van der Waals surface area contributed by atoms with Crippen LogP contribution in [0.5, 0.6) is 0 Å². The lowest BCUT2D eigenvalue weighted by Crippen LogP contribution is -2.16. The summed E-state index contributed by atoms with van der Waals surface area (Å²) in [5.74, 6) is 6.35. The molecule has 0 spiro atoms. The molecule has 1 saturated heterocycles. The van der Waals surface area contributed by atoms with E-state index in [-0.39, 0.29) is 24.9 Å². The normalized spacial score (nSPS) is 25.6. The largest absolute Gasteiger partial charge is 0.394 e. The molecular weight excluding hydrogens is 258 g/mol. The van der Waals surface area contributed by atoms with Gasteiger partial charge in [-0.1, -0.05) is 5.92 Å². The van der Waals surface area contributed by atoms with Crippen molar-refractivity contribution >= 4 is 17.0 Å². The van der Waals surface area contributed by atoms with Crippen molar-refractivity contribution in [3.8, 4) is 11.8 Å². The third-order valence-corrected chi connectivity index (χ3v) is 3.39. The van der Waals surface area contributed by atoms with Gasteiger partial charge in [0.2, 0.25) is 0 Å². The Morgan fingerprint density at radius 3 is 3.10 bits per heavy atom. The van der Waals surface area contributed by atoms with Crippen LogP contribution in [0, 0.1) is 17.8 Å². The Kier molecular flexibility index (Phi) is 3.26. The van der Waals surface area contributed by atoms with Crippen LogP contribution in [0.3, 0.4) is 0 Å². The summed E-state index contributed by atoms with van der Waals surface area (Å²) in [5.41, 5.74) is 6.94. The molecule has 0 bridgehead atoms.